The molecule has 3 rings (SSSR count). The fraction of sp³-hybridized carbons (Fsp3) is 0.261. The molecule has 1 aliphatic heterocycles. The lowest BCUT2D eigenvalue weighted by Gasteiger charge is -2.26. The maximum absolute atomic E-state index is 13.1. The van der Waals surface area contributed by atoms with Crippen LogP contribution in [0.5, 0.6) is 17.2 Å². The van der Waals surface area contributed by atoms with E-state index in [9.17, 15) is 14.4 Å². The minimum atomic E-state index is -0.820. The highest BCUT2D eigenvalue weighted by Crippen LogP contribution is 2.38. The van der Waals surface area contributed by atoms with Gasteiger partial charge in [0.1, 0.15) is 11.3 Å². The third kappa shape index (κ3) is 4.94. The van der Waals surface area contributed by atoms with Gasteiger partial charge in [0, 0.05) is 0 Å². The van der Waals surface area contributed by atoms with E-state index in [1.165, 1.54) is 13.2 Å². The first-order chi connectivity index (χ1) is 15.2. The van der Waals surface area contributed by atoms with Crippen LogP contribution >= 0.6 is 15.9 Å². The Balaban J connectivity index is 2.01. The molecule has 0 aromatic heterocycles. The number of barbiturate groups is 1. The summed E-state index contributed by atoms with van der Waals surface area (Å²) >= 11 is 3.47. The van der Waals surface area contributed by atoms with Crippen molar-refractivity contribution in [2.75, 3.05) is 18.6 Å². The first-order valence-electron chi connectivity index (χ1n) is 9.93. The highest BCUT2D eigenvalue weighted by atomic mass is 79.9. The van der Waals surface area contributed by atoms with E-state index in [4.69, 9.17) is 14.2 Å². The Kier molecular flexibility index (Phi) is 7.19. The largest absolute Gasteiger partial charge is 0.497 e. The lowest BCUT2D eigenvalue weighted by Crippen LogP contribution is -2.54. The van der Waals surface area contributed by atoms with Crippen LogP contribution in [0.3, 0.4) is 0 Å². The Morgan fingerprint density at radius 1 is 1.12 bits per heavy atom. The SMILES string of the molecule is CCOc1cc(/C=C2\C(=O)NC(=O)N(c3ccc(OC)cc3)C2=O)cc(Br)c1OC(C)C. The molecule has 1 aliphatic rings. The molecule has 0 unspecified atom stereocenters. The lowest BCUT2D eigenvalue weighted by atomic mass is 10.1. The molecule has 8 nitrogen and oxygen atoms in total. The number of benzene rings is 2. The van der Waals surface area contributed by atoms with Crippen molar-refractivity contribution in [2.24, 2.45) is 0 Å². The summed E-state index contributed by atoms with van der Waals surface area (Å²) in [7, 11) is 1.51. The molecule has 1 fully saturated rings. The average molecular weight is 503 g/mol. The van der Waals surface area contributed by atoms with Crippen molar-refractivity contribution in [1.82, 2.24) is 5.32 Å². The van der Waals surface area contributed by atoms with Crippen molar-refractivity contribution in [1.29, 1.82) is 0 Å². The van der Waals surface area contributed by atoms with Gasteiger partial charge in [0.15, 0.2) is 11.5 Å². The first-order valence-corrected chi connectivity index (χ1v) is 10.7. The highest BCUT2D eigenvalue weighted by Gasteiger charge is 2.36. The Morgan fingerprint density at radius 2 is 1.81 bits per heavy atom. The van der Waals surface area contributed by atoms with Gasteiger partial charge in [0.2, 0.25) is 0 Å². The molecule has 0 aliphatic carbocycles. The van der Waals surface area contributed by atoms with Crippen molar-refractivity contribution in [3.8, 4) is 17.2 Å². The molecule has 0 atom stereocenters. The van der Waals surface area contributed by atoms with Gasteiger partial charge in [-0.1, -0.05) is 0 Å². The molecule has 2 aromatic rings. The average Bonchev–Trinajstić information content (AvgIpc) is 2.74. The molecule has 1 N–H and O–H groups in total. The molecule has 9 heteroatoms. The zero-order valence-corrected chi connectivity index (χ0v) is 19.7. The molecule has 0 radical (unpaired) electrons. The number of methoxy groups -OCH3 is 1. The minimum Gasteiger partial charge on any atom is -0.497 e. The second kappa shape index (κ2) is 9.86. The van der Waals surface area contributed by atoms with Gasteiger partial charge in [-0.05, 0) is 84.7 Å². The third-order valence-electron chi connectivity index (χ3n) is 4.43. The van der Waals surface area contributed by atoms with Crippen molar-refractivity contribution >= 4 is 45.5 Å². The van der Waals surface area contributed by atoms with Gasteiger partial charge in [0.05, 0.1) is 30.0 Å². The molecular formula is C23H23BrN2O6. The van der Waals surface area contributed by atoms with Gasteiger partial charge < -0.3 is 14.2 Å². The molecular weight excluding hydrogens is 480 g/mol. The number of carbonyl (C=O) groups is 3. The normalized spacial score (nSPS) is 15.2. The van der Waals surface area contributed by atoms with Gasteiger partial charge in [-0.25, -0.2) is 9.69 Å². The number of hydrogen-bond donors (Lipinski definition) is 1. The molecule has 0 bridgehead atoms. The van der Waals surface area contributed by atoms with Gasteiger partial charge in [-0.3, -0.25) is 14.9 Å². The highest BCUT2D eigenvalue weighted by molar-refractivity contribution is 9.10. The number of anilines is 1. The van der Waals surface area contributed by atoms with Crippen molar-refractivity contribution in [3.05, 3.63) is 52.0 Å². The Morgan fingerprint density at radius 3 is 2.41 bits per heavy atom. The number of halogens is 1. The van der Waals surface area contributed by atoms with E-state index >= 15 is 0 Å². The predicted molar refractivity (Wildman–Crippen MR) is 123 cm³/mol. The number of imide groups is 2. The van der Waals surface area contributed by atoms with Gasteiger partial charge in [-0.15, -0.1) is 0 Å². The summed E-state index contributed by atoms with van der Waals surface area (Å²) in [5, 5.41) is 2.21. The van der Waals surface area contributed by atoms with Crippen LogP contribution in [-0.4, -0.2) is 37.7 Å². The molecule has 32 heavy (non-hydrogen) atoms. The number of nitrogens with one attached hydrogen (secondary N) is 1. The van der Waals surface area contributed by atoms with Crippen LogP contribution in [0.15, 0.2) is 46.4 Å². The molecule has 2 aromatic carbocycles. The van der Waals surface area contributed by atoms with E-state index in [2.05, 4.69) is 21.2 Å². The summed E-state index contributed by atoms with van der Waals surface area (Å²) in [6.45, 7) is 6.04. The predicted octanol–water partition coefficient (Wildman–Crippen LogP) is 4.31. The maximum Gasteiger partial charge on any atom is 0.335 e. The van der Waals surface area contributed by atoms with E-state index in [0.717, 1.165) is 4.90 Å². The van der Waals surface area contributed by atoms with E-state index in [-0.39, 0.29) is 11.7 Å². The molecule has 0 saturated carbocycles. The van der Waals surface area contributed by atoms with E-state index in [1.54, 1.807) is 36.4 Å². The third-order valence-corrected chi connectivity index (χ3v) is 5.02. The standard InChI is InChI=1S/C23H23BrN2O6/c1-5-31-19-12-14(11-18(24)20(19)32-13(2)3)10-17-21(27)25-23(29)26(22(17)28)15-6-8-16(30-4)9-7-15/h6-13H,5H2,1-4H3,(H,25,27,29)/b17-10+. The minimum absolute atomic E-state index is 0.0792. The van der Waals surface area contributed by atoms with E-state index in [1.807, 2.05) is 20.8 Å². The Labute approximate surface area is 194 Å². The fourth-order valence-corrected chi connectivity index (χ4v) is 3.63. The zero-order chi connectivity index (χ0) is 23.4. The number of carbonyl (C=O) groups excluding carboxylic acids is 3. The first kappa shape index (κ1) is 23.3. The Hall–Kier alpha value is -3.33. The van der Waals surface area contributed by atoms with Crippen LogP contribution in [-0.2, 0) is 9.59 Å². The van der Waals surface area contributed by atoms with Crippen LogP contribution in [0.25, 0.3) is 6.08 Å². The summed E-state index contributed by atoms with van der Waals surface area (Å²) < 4.78 is 17.2. The molecule has 1 saturated heterocycles. The zero-order valence-electron chi connectivity index (χ0n) is 18.1. The molecule has 4 amide bonds. The van der Waals surface area contributed by atoms with Crippen LogP contribution in [0.2, 0.25) is 0 Å². The summed E-state index contributed by atoms with van der Waals surface area (Å²) in [5.41, 5.74) is 0.648. The van der Waals surface area contributed by atoms with Gasteiger partial charge >= 0.3 is 6.03 Å². The number of urea groups is 1. The van der Waals surface area contributed by atoms with Gasteiger partial charge in [0.25, 0.3) is 11.8 Å². The quantitative estimate of drug-likeness (QED) is 0.447. The van der Waals surface area contributed by atoms with Crippen molar-refractivity contribution < 1.29 is 28.6 Å². The molecule has 1 heterocycles. The second-order valence-corrected chi connectivity index (χ2v) is 7.94. The number of nitrogens with zero attached hydrogens (tertiary/aromatic N) is 1. The summed E-state index contributed by atoms with van der Waals surface area (Å²) in [4.78, 5) is 38.8. The van der Waals surface area contributed by atoms with Crippen LogP contribution < -0.4 is 24.4 Å². The smallest absolute Gasteiger partial charge is 0.335 e. The topological polar surface area (TPSA) is 94.2 Å². The van der Waals surface area contributed by atoms with Crippen molar-refractivity contribution in [3.63, 3.8) is 0 Å². The van der Waals surface area contributed by atoms with Crippen LogP contribution in [0, 0.1) is 0 Å². The van der Waals surface area contributed by atoms with Gasteiger partial charge in [-0.2, -0.15) is 0 Å². The van der Waals surface area contributed by atoms with Crippen LogP contribution in [0.4, 0.5) is 10.5 Å². The van der Waals surface area contributed by atoms with E-state index < -0.39 is 17.8 Å². The van der Waals surface area contributed by atoms with E-state index in [0.29, 0.717) is 39.6 Å². The number of rotatable bonds is 7. The fourth-order valence-electron chi connectivity index (χ4n) is 3.07. The summed E-state index contributed by atoms with van der Waals surface area (Å²) in [6, 6.07) is 8.93. The van der Waals surface area contributed by atoms with Crippen molar-refractivity contribution in [2.45, 2.75) is 26.9 Å². The number of ether oxygens (including phenoxy) is 3. The molecule has 168 valence electrons. The molecule has 0 spiro atoms. The monoisotopic (exact) mass is 502 g/mol. The summed E-state index contributed by atoms with van der Waals surface area (Å²) in [6.07, 6.45) is 1.33. The van der Waals surface area contributed by atoms with Crippen LogP contribution in [0.1, 0.15) is 26.3 Å². The maximum atomic E-state index is 13.1. The summed E-state index contributed by atoms with van der Waals surface area (Å²) in [5.74, 6) is 0.0527. The Bertz CT molecular complexity index is 1080. The lowest BCUT2D eigenvalue weighted by molar-refractivity contribution is -0.122. The number of amides is 4. The number of hydrogen-bond acceptors (Lipinski definition) is 6. The second-order valence-electron chi connectivity index (χ2n) is 7.09.